The predicted molar refractivity (Wildman–Crippen MR) is 122 cm³/mol. The Morgan fingerprint density at radius 1 is 1.26 bits per heavy atom. The van der Waals surface area contributed by atoms with Gasteiger partial charge >= 0.3 is 0 Å². The van der Waals surface area contributed by atoms with Crippen LogP contribution in [-0.4, -0.2) is 34.4 Å². The molecule has 0 saturated carbocycles. The molecule has 3 unspecified atom stereocenters. The van der Waals surface area contributed by atoms with Crippen LogP contribution in [0.4, 0.5) is 5.69 Å². The van der Waals surface area contributed by atoms with Gasteiger partial charge in [0, 0.05) is 30.3 Å². The molecule has 1 aliphatic rings. The minimum Gasteiger partial charge on any atom is -0.497 e. The maximum atomic E-state index is 12.8. The molecule has 0 spiro atoms. The van der Waals surface area contributed by atoms with Gasteiger partial charge in [-0.25, -0.2) is 4.98 Å². The number of nitrogens with two attached hydrogens (primary N) is 1. The molecule has 1 aliphatic carbocycles. The summed E-state index contributed by atoms with van der Waals surface area (Å²) in [6.45, 7) is 6.63. The van der Waals surface area contributed by atoms with Crippen molar-refractivity contribution in [1.29, 1.82) is 0 Å². The molecule has 3 N–H and O–H groups in total. The molecule has 0 bridgehead atoms. The van der Waals surface area contributed by atoms with Crippen molar-refractivity contribution in [3.8, 4) is 5.75 Å². The lowest BCUT2D eigenvalue weighted by Crippen LogP contribution is -2.48. The van der Waals surface area contributed by atoms with Crippen molar-refractivity contribution in [1.82, 2.24) is 4.98 Å². The first-order chi connectivity index (χ1) is 14.6. The third-order valence-electron chi connectivity index (χ3n) is 6.29. The summed E-state index contributed by atoms with van der Waals surface area (Å²) >= 11 is 1.28. The summed E-state index contributed by atoms with van der Waals surface area (Å²) in [6, 6.07) is 7.55. The number of Topliss-reactive ketones (excluding diaryl/α,β-unsaturated/α-hetero) is 2. The topological polar surface area (TPSA) is 103 Å². The quantitative estimate of drug-likeness (QED) is 0.596. The van der Waals surface area contributed by atoms with E-state index >= 15 is 0 Å². The van der Waals surface area contributed by atoms with E-state index in [0.717, 1.165) is 27.8 Å². The van der Waals surface area contributed by atoms with Crippen molar-refractivity contribution in [2.45, 2.75) is 45.6 Å². The van der Waals surface area contributed by atoms with Gasteiger partial charge in [0.15, 0.2) is 5.78 Å². The lowest BCUT2D eigenvalue weighted by atomic mass is 9.62. The Labute approximate surface area is 185 Å². The largest absolute Gasteiger partial charge is 0.497 e. The number of thiophene rings is 1. The second-order valence-corrected chi connectivity index (χ2v) is 9.54. The van der Waals surface area contributed by atoms with Crippen molar-refractivity contribution in [3.05, 3.63) is 51.5 Å². The van der Waals surface area contributed by atoms with Crippen LogP contribution < -0.4 is 10.5 Å². The summed E-state index contributed by atoms with van der Waals surface area (Å²) in [7, 11) is 1.60. The highest BCUT2D eigenvalue weighted by Gasteiger charge is 2.48. The molecule has 3 atom stereocenters. The van der Waals surface area contributed by atoms with Crippen LogP contribution in [0.2, 0.25) is 0 Å². The lowest BCUT2D eigenvalue weighted by Gasteiger charge is -2.43. The van der Waals surface area contributed by atoms with Crippen molar-refractivity contribution in [3.63, 3.8) is 0 Å². The number of fused-ring (bicyclic) bond motifs is 3. The first-order valence-electron chi connectivity index (χ1n) is 10.2. The van der Waals surface area contributed by atoms with Crippen LogP contribution in [0, 0.1) is 12.8 Å². The molecule has 31 heavy (non-hydrogen) atoms. The Bertz CT molecular complexity index is 1210. The number of methoxy groups -OCH3 is 1. The van der Waals surface area contributed by atoms with Gasteiger partial charge in [0.25, 0.3) is 0 Å². The van der Waals surface area contributed by atoms with Gasteiger partial charge in [0.2, 0.25) is 0 Å². The fourth-order valence-electron chi connectivity index (χ4n) is 5.06. The van der Waals surface area contributed by atoms with Gasteiger partial charge in [-0.3, -0.25) is 9.59 Å². The molecule has 3 aromatic rings. The molecule has 1 aromatic carbocycles. The first kappa shape index (κ1) is 21.5. The number of nitrogen functional groups attached to an aromatic ring is 1. The van der Waals surface area contributed by atoms with Gasteiger partial charge in [-0.05, 0) is 49.6 Å². The van der Waals surface area contributed by atoms with E-state index in [2.05, 4.69) is 0 Å². The molecule has 2 aromatic heterocycles. The highest BCUT2D eigenvalue weighted by atomic mass is 32.1. The van der Waals surface area contributed by atoms with Crippen LogP contribution in [-0.2, 0) is 11.2 Å². The molecular weight excluding hydrogens is 412 g/mol. The number of benzene rings is 1. The molecule has 0 saturated heterocycles. The van der Waals surface area contributed by atoms with Crippen molar-refractivity contribution < 1.29 is 19.4 Å². The molecule has 6 nitrogen and oxygen atoms in total. The third kappa shape index (κ3) is 3.32. The Balaban J connectivity index is 2.07. The maximum absolute atomic E-state index is 12.8. The van der Waals surface area contributed by atoms with E-state index in [9.17, 15) is 14.7 Å². The number of pyridine rings is 1. The Morgan fingerprint density at radius 3 is 2.45 bits per heavy atom. The zero-order valence-electron chi connectivity index (χ0n) is 18.3. The number of rotatable bonds is 4. The number of aryl methyl sites for hydroxylation is 1. The summed E-state index contributed by atoms with van der Waals surface area (Å²) in [5.74, 6) is -0.511. The fraction of sp³-hybridized carbons (Fsp3) is 0.375. The van der Waals surface area contributed by atoms with Gasteiger partial charge in [0.1, 0.15) is 16.4 Å². The van der Waals surface area contributed by atoms with E-state index in [0.29, 0.717) is 21.1 Å². The lowest BCUT2D eigenvalue weighted by molar-refractivity contribution is -0.130. The summed E-state index contributed by atoms with van der Waals surface area (Å²) in [5.41, 5.74) is 8.97. The molecule has 7 heteroatoms. The first-order valence-corrected chi connectivity index (χ1v) is 11.0. The molecule has 0 aliphatic heterocycles. The SMILES string of the molecule is COc1ccc(C2c3c(C)nc4sc(C(C)=O)c(N)c4c3CC(C)(O)C2C(C)=O)cc1. The number of ether oxygens (including phenoxy) is 1. The van der Waals surface area contributed by atoms with E-state index in [1.165, 1.54) is 25.2 Å². The monoisotopic (exact) mass is 438 g/mol. The van der Waals surface area contributed by atoms with Crippen LogP contribution in [0.25, 0.3) is 10.2 Å². The number of carbonyl (C=O) groups excluding carboxylic acids is 2. The summed E-state index contributed by atoms with van der Waals surface area (Å²) in [4.78, 5) is 30.8. The van der Waals surface area contributed by atoms with Gasteiger partial charge < -0.3 is 15.6 Å². The highest BCUT2D eigenvalue weighted by molar-refractivity contribution is 7.21. The van der Waals surface area contributed by atoms with Crippen molar-refractivity contribution in [2.75, 3.05) is 12.8 Å². The third-order valence-corrected chi connectivity index (χ3v) is 7.49. The number of hydrogen-bond acceptors (Lipinski definition) is 7. The fourth-order valence-corrected chi connectivity index (χ4v) is 6.13. The van der Waals surface area contributed by atoms with Gasteiger partial charge in [-0.15, -0.1) is 11.3 Å². The number of anilines is 1. The van der Waals surface area contributed by atoms with E-state index < -0.39 is 11.5 Å². The molecule has 4 rings (SSSR count). The summed E-state index contributed by atoms with van der Waals surface area (Å²) in [6.07, 6.45) is 0.261. The van der Waals surface area contributed by atoms with Gasteiger partial charge in [-0.1, -0.05) is 12.1 Å². The zero-order valence-corrected chi connectivity index (χ0v) is 19.1. The number of carbonyl (C=O) groups is 2. The van der Waals surface area contributed by atoms with E-state index in [4.69, 9.17) is 15.5 Å². The van der Waals surface area contributed by atoms with Crippen molar-refractivity contribution >= 4 is 38.8 Å². The molecular formula is C24H26N2O4S. The van der Waals surface area contributed by atoms with Crippen LogP contribution >= 0.6 is 11.3 Å². The molecule has 162 valence electrons. The second kappa shape index (κ2) is 7.43. The molecule has 2 heterocycles. The minimum atomic E-state index is -1.28. The van der Waals surface area contributed by atoms with Crippen LogP contribution in [0.3, 0.4) is 0 Å². The highest BCUT2D eigenvalue weighted by Crippen LogP contribution is 2.51. The minimum absolute atomic E-state index is 0.0846. The number of aromatic nitrogens is 1. The average Bonchev–Trinajstić information content (AvgIpc) is 3.02. The Kier molecular flexibility index (Phi) is 5.14. The second-order valence-electron chi connectivity index (χ2n) is 8.54. The van der Waals surface area contributed by atoms with Crippen LogP contribution in [0.15, 0.2) is 24.3 Å². The molecule has 0 fully saturated rings. The molecule has 0 amide bonds. The Hall–Kier alpha value is -2.77. The summed E-state index contributed by atoms with van der Waals surface area (Å²) < 4.78 is 5.29. The van der Waals surface area contributed by atoms with Crippen molar-refractivity contribution in [2.24, 2.45) is 5.92 Å². The normalized spacial score (nSPS) is 22.9. The Morgan fingerprint density at radius 2 is 1.90 bits per heavy atom. The van der Waals surface area contributed by atoms with Gasteiger partial charge in [0.05, 0.1) is 29.2 Å². The van der Waals surface area contributed by atoms with Crippen LogP contribution in [0.1, 0.15) is 58.7 Å². The van der Waals surface area contributed by atoms with E-state index in [1.807, 2.05) is 31.2 Å². The smallest absolute Gasteiger partial charge is 0.171 e. The zero-order chi connectivity index (χ0) is 22.7. The number of hydrogen-bond donors (Lipinski definition) is 2. The maximum Gasteiger partial charge on any atom is 0.171 e. The average molecular weight is 439 g/mol. The number of nitrogens with zero attached hydrogens (tertiary/aromatic N) is 1. The number of ketones is 2. The van der Waals surface area contributed by atoms with E-state index in [1.54, 1.807) is 14.0 Å². The molecule has 0 radical (unpaired) electrons. The standard InChI is InChI=1S/C24H26N2O4S/c1-11-17-16(19-21(25)22(13(3)28)31-23(19)26-11)10-24(4,29)20(12(2)27)18(17)14-6-8-15(30-5)9-7-14/h6-9,18,20,29H,10,25H2,1-5H3. The van der Waals surface area contributed by atoms with Gasteiger partial charge in [-0.2, -0.15) is 0 Å². The van der Waals surface area contributed by atoms with Crippen LogP contribution in [0.5, 0.6) is 5.75 Å². The predicted octanol–water partition coefficient (Wildman–Crippen LogP) is 4.04. The summed E-state index contributed by atoms with van der Waals surface area (Å²) in [5, 5.41) is 12.2. The number of aliphatic hydroxyl groups is 1. The van der Waals surface area contributed by atoms with E-state index in [-0.39, 0.29) is 23.9 Å².